The van der Waals surface area contributed by atoms with Gasteiger partial charge in [0.05, 0.1) is 5.52 Å². The maximum atomic E-state index is 4.77. The average Bonchev–Trinajstić information content (AvgIpc) is 2.41. The number of benzene rings is 2. The molecule has 114 valence electrons. The summed E-state index contributed by atoms with van der Waals surface area (Å²) in [5, 5.41) is 3.99. The SMILES string of the molecule is CC(C)(C)c1c2ccccc2c(C(C)(C)C)c2ncccc12. The predicted octanol–water partition coefficient (Wildman–Crippen LogP) is 5.98. The molecule has 1 nitrogen and oxygen atoms in total. The van der Waals surface area contributed by atoms with Gasteiger partial charge < -0.3 is 0 Å². The first-order chi connectivity index (χ1) is 10.2. The van der Waals surface area contributed by atoms with E-state index in [1.165, 1.54) is 27.3 Å². The van der Waals surface area contributed by atoms with Gasteiger partial charge in [0.2, 0.25) is 0 Å². The highest BCUT2D eigenvalue weighted by molar-refractivity contribution is 6.05. The largest absolute Gasteiger partial charge is 0.256 e. The summed E-state index contributed by atoms with van der Waals surface area (Å²) in [6, 6.07) is 13.1. The molecule has 0 bridgehead atoms. The van der Waals surface area contributed by atoms with Crippen molar-refractivity contribution < 1.29 is 0 Å². The topological polar surface area (TPSA) is 12.9 Å². The Morgan fingerprint density at radius 3 is 1.68 bits per heavy atom. The zero-order valence-electron chi connectivity index (χ0n) is 14.5. The number of rotatable bonds is 0. The molecule has 0 saturated heterocycles. The Morgan fingerprint density at radius 2 is 1.14 bits per heavy atom. The Balaban J connectivity index is 2.67. The Morgan fingerprint density at radius 1 is 0.636 bits per heavy atom. The Labute approximate surface area is 133 Å². The van der Waals surface area contributed by atoms with Gasteiger partial charge in [0.25, 0.3) is 0 Å². The highest BCUT2D eigenvalue weighted by atomic mass is 14.7. The molecule has 3 aromatic rings. The molecule has 0 aliphatic heterocycles. The second-order valence-electron chi connectivity index (χ2n) is 8.20. The summed E-state index contributed by atoms with van der Waals surface area (Å²) in [5.41, 5.74) is 4.05. The number of hydrogen-bond donors (Lipinski definition) is 0. The summed E-state index contributed by atoms with van der Waals surface area (Å²) < 4.78 is 0. The normalized spacial score (nSPS) is 13.0. The van der Waals surface area contributed by atoms with Crippen molar-refractivity contribution in [3.05, 3.63) is 53.7 Å². The van der Waals surface area contributed by atoms with Crippen molar-refractivity contribution in [1.82, 2.24) is 4.98 Å². The van der Waals surface area contributed by atoms with Crippen molar-refractivity contribution in [2.24, 2.45) is 0 Å². The quantitative estimate of drug-likeness (QED) is 0.464. The van der Waals surface area contributed by atoms with Gasteiger partial charge in [-0.25, -0.2) is 0 Å². The van der Waals surface area contributed by atoms with E-state index >= 15 is 0 Å². The highest BCUT2D eigenvalue weighted by Crippen LogP contribution is 2.42. The molecule has 0 radical (unpaired) electrons. The lowest BCUT2D eigenvalue weighted by Gasteiger charge is -2.29. The van der Waals surface area contributed by atoms with E-state index in [0.29, 0.717) is 0 Å². The molecule has 0 saturated carbocycles. The second kappa shape index (κ2) is 4.81. The summed E-state index contributed by atoms with van der Waals surface area (Å²) in [6.45, 7) is 13.7. The molecule has 0 N–H and O–H groups in total. The average molecular weight is 291 g/mol. The van der Waals surface area contributed by atoms with Crippen molar-refractivity contribution in [3.8, 4) is 0 Å². The van der Waals surface area contributed by atoms with Crippen LogP contribution in [0.5, 0.6) is 0 Å². The highest BCUT2D eigenvalue weighted by Gasteiger charge is 2.27. The molecule has 0 aliphatic rings. The lowest BCUT2D eigenvalue weighted by Crippen LogP contribution is -2.18. The minimum atomic E-state index is 0.0582. The van der Waals surface area contributed by atoms with E-state index in [9.17, 15) is 0 Å². The molecular weight excluding hydrogens is 266 g/mol. The molecule has 2 aromatic carbocycles. The Hall–Kier alpha value is -1.89. The van der Waals surface area contributed by atoms with Gasteiger partial charge >= 0.3 is 0 Å². The van der Waals surface area contributed by atoms with Crippen LogP contribution in [0.1, 0.15) is 52.7 Å². The van der Waals surface area contributed by atoms with Crippen molar-refractivity contribution in [2.45, 2.75) is 52.4 Å². The molecule has 0 fully saturated rings. The molecule has 0 unspecified atom stereocenters. The van der Waals surface area contributed by atoms with Crippen molar-refractivity contribution in [3.63, 3.8) is 0 Å². The van der Waals surface area contributed by atoms with E-state index in [4.69, 9.17) is 4.98 Å². The summed E-state index contributed by atoms with van der Waals surface area (Å²) in [4.78, 5) is 4.77. The maximum Gasteiger partial charge on any atom is 0.0748 e. The van der Waals surface area contributed by atoms with E-state index in [1.807, 2.05) is 6.20 Å². The zero-order chi connectivity index (χ0) is 16.1. The van der Waals surface area contributed by atoms with Crippen LogP contribution in [0.4, 0.5) is 0 Å². The number of nitrogens with zero attached hydrogens (tertiary/aromatic N) is 1. The lowest BCUT2D eigenvalue weighted by atomic mass is 9.75. The van der Waals surface area contributed by atoms with Crippen LogP contribution in [0.15, 0.2) is 42.6 Å². The van der Waals surface area contributed by atoms with Gasteiger partial charge in [0.15, 0.2) is 0 Å². The first kappa shape index (κ1) is 15.0. The first-order valence-corrected chi connectivity index (χ1v) is 8.01. The Kier molecular flexibility index (Phi) is 3.28. The third-order valence-corrected chi connectivity index (χ3v) is 4.28. The molecule has 1 aromatic heterocycles. The Bertz CT molecular complexity index is 716. The minimum absolute atomic E-state index is 0.0582. The molecule has 0 spiro atoms. The van der Waals surface area contributed by atoms with Crippen LogP contribution in [-0.4, -0.2) is 4.98 Å². The molecule has 1 heterocycles. The monoisotopic (exact) mass is 291 g/mol. The predicted molar refractivity (Wildman–Crippen MR) is 96.6 cm³/mol. The van der Waals surface area contributed by atoms with E-state index in [-0.39, 0.29) is 10.8 Å². The fourth-order valence-electron chi connectivity index (χ4n) is 3.57. The van der Waals surface area contributed by atoms with Gasteiger partial charge in [0.1, 0.15) is 0 Å². The van der Waals surface area contributed by atoms with E-state index in [0.717, 1.165) is 5.52 Å². The van der Waals surface area contributed by atoms with Crippen molar-refractivity contribution in [1.29, 1.82) is 0 Å². The molecule has 0 aliphatic carbocycles. The van der Waals surface area contributed by atoms with Gasteiger partial charge in [-0.15, -0.1) is 0 Å². The summed E-state index contributed by atoms with van der Waals surface area (Å²) in [5.74, 6) is 0. The first-order valence-electron chi connectivity index (χ1n) is 8.01. The molecular formula is C21H25N. The summed E-state index contributed by atoms with van der Waals surface area (Å²) in [7, 11) is 0. The number of hydrogen-bond acceptors (Lipinski definition) is 1. The van der Waals surface area contributed by atoms with E-state index < -0.39 is 0 Å². The van der Waals surface area contributed by atoms with Gasteiger partial charge in [-0.3, -0.25) is 4.98 Å². The van der Waals surface area contributed by atoms with Gasteiger partial charge in [-0.05, 0) is 38.8 Å². The fraction of sp³-hybridized carbons (Fsp3) is 0.381. The minimum Gasteiger partial charge on any atom is -0.256 e. The van der Waals surface area contributed by atoms with Crippen molar-refractivity contribution >= 4 is 21.7 Å². The van der Waals surface area contributed by atoms with Crippen LogP contribution in [-0.2, 0) is 10.8 Å². The van der Waals surface area contributed by atoms with Crippen LogP contribution in [0, 0.1) is 0 Å². The molecule has 1 heteroatoms. The lowest BCUT2D eigenvalue weighted by molar-refractivity contribution is 0.592. The number of fused-ring (bicyclic) bond motifs is 2. The molecule has 3 rings (SSSR count). The maximum absolute atomic E-state index is 4.77. The number of aromatic nitrogens is 1. The molecule has 22 heavy (non-hydrogen) atoms. The third kappa shape index (κ3) is 2.29. The van der Waals surface area contributed by atoms with Crippen LogP contribution in [0.2, 0.25) is 0 Å². The summed E-state index contributed by atoms with van der Waals surface area (Å²) in [6.07, 6.45) is 1.92. The van der Waals surface area contributed by atoms with E-state index in [2.05, 4.69) is 77.9 Å². The smallest absolute Gasteiger partial charge is 0.0748 e. The number of pyridine rings is 1. The van der Waals surface area contributed by atoms with Crippen molar-refractivity contribution in [2.75, 3.05) is 0 Å². The van der Waals surface area contributed by atoms with Crippen LogP contribution in [0.25, 0.3) is 21.7 Å². The van der Waals surface area contributed by atoms with Crippen LogP contribution >= 0.6 is 0 Å². The van der Waals surface area contributed by atoms with Crippen LogP contribution in [0.3, 0.4) is 0 Å². The molecule has 0 amide bonds. The van der Waals surface area contributed by atoms with E-state index in [1.54, 1.807) is 0 Å². The zero-order valence-corrected chi connectivity index (χ0v) is 14.5. The van der Waals surface area contributed by atoms with Gasteiger partial charge in [0, 0.05) is 11.6 Å². The second-order valence-corrected chi connectivity index (χ2v) is 8.20. The van der Waals surface area contributed by atoms with Gasteiger partial charge in [-0.2, -0.15) is 0 Å². The third-order valence-electron chi connectivity index (χ3n) is 4.28. The molecule has 0 atom stereocenters. The standard InChI is InChI=1S/C21H25N/c1-20(2,3)17-14-10-7-8-11-15(14)18(21(4,5)6)19-16(17)12-9-13-22-19/h7-13H,1-6H3. The van der Waals surface area contributed by atoms with Gasteiger partial charge in [-0.1, -0.05) is 71.9 Å². The fourth-order valence-corrected chi connectivity index (χ4v) is 3.57. The summed E-state index contributed by atoms with van der Waals surface area (Å²) >= 11 is 0. The van der Waals surface area contributed by atoms with Crippen LogP contribution < -0.4 is 0 Å².